The minimum Gasteiger partial charge on any atom is -0.479 e. The molecule has 3 N–H and O–H groups in total. The Morgan fingerprint density at radius 3 is 2.53 bits per heavy atom. The molecule has 82 valence electrons. The van der Waals surface area contributed by atoms with Gasteiger partial charge in [-0.1, -0.05) is 30.3 Å². The van der Waals surface area contributed by atoms with Crippen molar-refractivity contribution in [3.63, 3.8) is 0 Å². The Balaban J connectivity index is 2.81. The van der Waals surface area contributed by atoms with Gasteiger partial charge < -0.3 is 15.6 Å². The van der Waals surface area contributed by atoms with Crippen LogP contribution < -0.4 is 5.73 Å². The number of rotatable bonds is 5. The second-order valence-electron chi connectivity index (χ2n) is 3.15. The second kappa shape index (κ2) is 5.48. The third-order valence-corrected chi connectivity index (χ3v) is 2.10. The van der Waals surface area contributed by atoms with E-state index >= 15 is 0 Å². The fourth-order valence-corrected chi connectivity index (χ4v) is 1.36. The molecular weight excluding hydrogens is 194 g/mol. The fourth-order valence-electron chi connectivity index (χ4n) is 1.36. The number of carboxylic acid groups (broad SMARTS) is 1. The zero-order valence-corrected chi connectivity index (χ0v) is 8.59. The van der Waals surface area contributed by atoms with E-state index in [0.717, 1.165) is 5.56 Å². The van der Waals surface area contributed by atoms with Gasteiger partial charge >= 0.3 is 5.97 Å². The molecule has 0 bridgehead atoms. The van der Waals surface area contributed by atoms with Crippen molar-refractivity contribution >= 4 is 5.97 Å². The van der Waals surface area contributed by atoms with Crippen LogP contribution in [-0.4, -0.2) is 23.8 Å². The van der Waals surface area contributed by atoms with Gasteiger partial charge in [-0.3, -0.25) is 0 Å². The van der Waals surface area contributed by atoms with Crippen molar-refractivity contribution in [1.29, 1.82) is 0 Å². The van der Waals surface area contributed by atoms with Crippen molar-refractivity contribution in [2.24, 2.45) is 5.73 Å². The molecule has 0 aromatic heterocycles. The first-order valence-corrected chi connectivity index (χ1v) is 4.81. The normalized spacial score (nSPS) is 14.5. The van der Waals surface area contributed by atoms with E-state index in [0.29, 0.717) is 6.61 Å². The van der Waals surface area contributed by atoms with Crippen LogP contribution in [0.25, 0.3) is 0 Å². The first-order valence-electron chi connectivity index (χ1n) is 4.81. The monoisotopic (exact) mass is 209 g/mol. The van der Waals surface area contributed by atoms with E-state index in [2.05, 4.69) is 0 Å². The minimum atomic E-state index is -1.03. The van der Waals surface area contributed by atoms with Gasteiger partial charge in [0.2, 0.25) is 0 Å². The van der Waals surface area contributed by atoms with Crippen LogP contribution in [0, 0.1) is 0 Å². The molecule has 0 saturated carbocycles. The first kappa shape index (κ1) is 11.7. The highest BCUT2D eigenvalue weighted by molar-refractivity contribution is 5.73. The standard InChI is InChI=1S/C11H15NO3/c1-2-15-10(11(13)14)9(12)8-6-4-3-5-7-8/h3-7,9-10H,2,12H2,1H3,(H,13,14). The van der Waals surface area contributed by atoms with Crippen LogP contribution in [0.1, 0.15) is 18.5 Å². The summed E-state index contributed by atoms with van der Waals surface area (Å²) >= 11 is 0. The fraction of sp³-hybridized carbons (Fsp3) is 0.364. The zero-order valence-electron chi connectivity index (χ0n) is 8.59. The molecule has 0 heterocycles. The Bertz CT molecular complexity index is 313. The van der Waals surface area contributed by atoms with E-state index in [4.69, 9.17) is 15.6 Å². The first-order chi connectivity index (χ1) is 7.16. The summed E-state index contributed by atoms with van der Waals surface area (Å²) in [7, 11) is 0. The third kappa shape index (κ3) is 3.04. The topological polar surface area (TPSA) is 72.5 Å². The largest absolute Gasteiger partial charge is 0.479 e. The molecule has 0 spiro atoms. The minimum absolute atomic E-state index is 0.331. The zero-order chi connectivity index (χ0) is 11.3. The molecule has 0 aliphatic rings. The van der Waals surface area contributed by atoms with E-state index in [1.165, 1.54) is 0 Å². The van der Waals surface area contributed by atoms with E-state index in [-0.39, 0.29) is 0 Å². The number of hydrogen-bond acceptors (Lipinski definition) is 3. The van der Waals surface area contributed by atoms with Crippen molar-refractivity contribution < 1.29 is 14.6 Å². The second-order valence-corrected chi connectivity index (χ2v) is 3.15. The Labute approximate surface area is 88.7 Å². The lowest BCUT2D eigenvalue weighted by Crippen LogP contribution is -2.35. The van der Waals surface area contributed by atoms with Crippen LogP contribution in [0.2, 0.25) is 0 Å². The molecule has 0 aliphatic heterocycles. The number of nitrogens with two attached hydrogens (primary N) is 1. The average molecular weight is 209 g/mol. The Hall–Kier alpha value is -1.39. The molecule has 0 saturated heterocycles. The summed E-state index contributed by atoms with van der Waals surface area (Å²) in [6.07, 6.45) is -0.989. The smallest absolute Gasteiger partial charge is 0.334 e. The van der Waals surface area contributed by atoms with Gasteiger partial charge in [0.1, 0.15) is 0 Å². The molecule has 0 amide bonds. The lowest BCUT2D eigenvalue weighted by molar-refractivity contribution is -0.151. The number of aliphatic carboxylic acids is 1. The van der Waals surface area contributed by atoms with E-state index in [1.807, 2.05) is 18.2 Å². The van der Waals surface area contributed by atoms with Gasteiger partial charge in [0, 0.05) is 6.61 Å². The summed E-state index contributed by atoms with van der Waals surface area (Å²) < 4.78 is 5.10. The van der Waals surface area contributed by atoms with Gasteiger partial charge in [-0.2, -0.15) is 0 Å². The summed E-state index contributed by atoms with van der Waals surface area (Å²) in [6, 6.07) is 8.44. The summed E-state index contributed by atoms with van der Waals surface area (Å²) in [5.74, 6) is -1.03. The van der Waals surface area contributed by atoms with Crippen LogP contribution in [0.3, 0.4) is 0 Å². The lowest BCUT2D eigenvalue weighted by Gasteiger charge is -2.20. The van der Waals surface area contributed by atoms with Crippen molar-refractivity contribution in [2.45, 2.75) is 19.1 Å². The molecule has 4 nitrogen and oxygen atoms in total. The van der Waals surface area contributed by atoms with Crippen LogP contribution in [0.4, 0.5) is 0 Å². The van der Waals surface area contributed by atoms with Crippen LogP contribution in [0.15, 0.2) is 30.3 Å². The maximum atomic E-state index is 10.9. The molecule has 4 heteroatoms. The Morgan fingerprint density at radius 2 is 2.07 bits per heavy atom. The predicted molar refractivity (Wildman–Crippen MR) is 56.4 cm³/mol. The SMILES string of the molecule is CCOC(C(=O)O)C(N)c1ccccc1. The average Bonchev–Trinajstić information content (AvgIpc) is 2.26. The Kier molecular flexibility index (Phi) is 4.27. The van der Waals surface area contributed by atoms with Crippen LogP contribution >= 0.6 is 0 Å². The molecule has 1 rings (SSSR count). The number of carboxylic acids is 1. The molecule has 2 unspecified atom stereocenters. The molecule has 0 radical (unpaired) electrons. The highest BCUT2D eigenvalue weighted by Crippen LogP contribution is 2.16. The summed E-state index contributed by atoms with van der Waals surface area (Å²) in [5, 5.41) is 8.93. The summed E-state index contributed by atoms with van der Waals surface area (Å²) in [4.78, 5) is 10.9. The van der Waals surface area contributed by atoms with E-state index in [1.54, 1.807) is 19.1 Å². The predicted octanol–water partition coefficient (Wildman–Crippen LogP) is 1.18. The highest BCUT2D eigenvalue weighted by Gasteiger charge is 2.26. The molecule has 1 aromatic carbocycles. The molecule has 0 aliphatic carbocycles. The van der Waals surface area contributed by atoms with Gasteiger partial charge in [-0.05, 0) is 12.5 Å². The quantitative estimate of drug-likeness (QED) is 0.763. The molecular formula is C11H15NO3. The van der Waals surface area contributed by atoms with E-state index in [9.17, 15) is 4.79 Å². The molecule has 0 fully saturated rings. The number of carbonyl (C=O) groups is 1. The van der Waals surface area contributed by atoms with Crippen molar-refractivity contribution in [2.75, 3.05) is 6.61 Å². The maximum absolute atomic E-state index is 10.9. The summed E-state index contributed by atoms with van der Waals surface area (Å²) in [6.45, 7) is 2.07. The number of ether oxygens (including phenoxy) is 1. The van der Waals surface area contributed by atoms with Gasteiger partial charge in [-0.15, -0.1) is 0 Å². The molecule has 2 atom stereocenters. The van der Waals surface area contributed by atoms with Gasteiger partial charge in [0.25, 0.3) is 0 Å². The van der Waals surface area contributed by atoms with Gasteiger partial charge in [0.15, 0.2) is 6.10 Å². The van der Waals surface area contributed by atoms with Gasteiger partial charge in [-0.25, -0.2) is 4.79 Å². The van der Waals surface area contributed by atoms with Crippen molar-refractivity contribution in [3.8, 4) is 0 Å². The van der Waals surface area contributed by atoms with Crippen molar-refractivity contribution in [1.82, 2.24) is 0 Å². The van der Waals surface area contributed by atoms with Gasteiger partial charge in [0.05, 0.1) is 6.04 Å². The molecule has 15 heavy (non-hydrogen) atoms. The Morgan fingerprint density at radius 1 is 1.47 bits per heavy atom. The highest BCUT2D eigenvalue weighted by atomic mass is 16.5. The third-order valence-electron chi connectivity index (χ3n) is 2.10. The van der Waals surface area contributed by atoms with E-state index < -0.39 is 18.1 Å². The number of benzene rings is 1. The van der Waals surface area contributed by atoms with Crippen LogP contribution in [-0.2, 0) is 9.53 Å². The summed E-state index contributed by atoms with van der Waals surface area (Å²) in [5.41, 5.74) is 6.58. The maximum Gasteiger partial charge on any atom is 0.334 e. The van der Waals surface area contributed by atoms with Crippen molar-refractivity contribution in [3.05, 3.63) is 35.9 Å². The van der Waals surface area contributed by atoms with Crippen LogP contribution in [0.5, 0.6) is 0 Å². The lowest BCUT2D eigenvalue weighted by atomic mass is 10.0. The molecule has 1 aromatic rings. The number of hydrogen-bond donors (Lipinski definition) is 2.